The first-order valence-corrected chi connectivity index (χ1v) is 4.72. The summed E-state index contributed by atoms with van der Waals surface area (Å²) in [5, 5.41) is 17.7. The molecule has 1 aromatic carbocycles. The third-order valence-corrected chi connectivity index (χ3v) is 2.18. The molecule has 0 amide bonds. The van der Waals surface area contributed by atoms with Gasteiger partial charge in [-0.2, -0.15) is 0 Å². The lowest BCUT2D eigenvalue weighted by molar-refractivity contribution is -0.137. The van der Waals surface area contributed by atoms with Crippen LogP contribution >= 0.6 is 0 Å². The van der Waals surface area contributed by atoms with Gasteiger partial charge in [-0.15, -0.1) is 0 Å². The highest BCUT2D eigenvalue weighted by molar-refractivity contribution is 5.88. The first-order chi connectivity index (χ1) is 7.52. The molecule has 4 nitrogen and oxygen atoms in total. The number of hydrogen-bond donors (Lipinski definition) is 2. The van der Waals surface area contributed by atoms with E-state index in [1.54, 1.807) is 30.3 Å². The Labute approximate surface area is 92.8 Å². The Morgan fingerprint density at radius 1 is 1.19 bits per heavy atom. The van der Waals surface area contributed by atoms with Gasteiger partial charge in [0.05, 0.1) is 0 Å². The lowest BCUT2D eigenvalue weighted by Gasteiger charge is -2.08. The average molecular weight is 220 g/mol. The van der Waals surface area contributed by atoms with Gasteiger partial charge in [0.2, 0.25) is 0 Å². The molecule has 16 heavy (non-hydrogen) atoms. The van der Waals surface area contributed by atoms with Gasteiger partial charge in [-0.05, 0) is 12.5 Å². The van der Waals surface area contributed by atoms with Crippen LogP contribution in [0.25, 0.3) is 0 Å². The Bertz CT molecular complexity index is 420. The van der Waals surface area contributed by atoms with Crippen LogP contribution in [0.1, 0.15) is 18.4 Å². The van der Waals surface area contributed by atoms with Crippen LogP contribution in [0.2, 0.25) is 0 Å². The van der Waals surface area contributed by atoms with Crippen LogP contribution in [0.15, 0.2) is 42.0 Å². The second-order valence-electron chi connectivity index (χ2n) is 3.38. The van der Waals surface area contributed by atoms with Gasteiger partial charge in [0, 0.05) is 5.57 Å². The molecular weight excluding hydrogens is 208 g/mol. The molecule has 1 unspecified atom stereocenters. The lowest BCUT2D eigenvalue weighted by Crippen LogP contribution is -2.11. The maximum atomic E-state index is 11.0. The minimum Gasteiger partial charge on any atom is -0.481 e. The Morgan fingerprint density at radius 2 is 1.75 bits per heavy atom. The zero-order valence-electron chi connectivity index (χ0n) is 8.75. The smallest absolute Gasteiger partial charge is 0.330 e. The van der Waals surface area contributed by atoms with Crippen molar-refractivity contribution in [2.24, 2.45) is 0 Å². The first-order valence-electron chi connectivity index (χ1n) is 4.72. The fourth-order valence-electron chi connectivity index (χ4n) is 1.29. The van der Waals surface area contributed by atoms with Gasteiger partial charge in [-0.1, -0.05) is 36.4 Å². The molecule has 1 atom stereocenters. The Kier molecular flexibility index (Phi) is 3.83. The van der Waals surface area contributed by atoms with Crippen molar-refractivity contribution in [3.05, 3.63) is 47.5 Å². The molecule has 0 saturated carbocycles. The highest BCUT2D eigenvalue weighted by Crippen LogP contribution is 2.19. The lowest BCUT2D eigenvalue weighted by atomic mass is 9.97. The van der Waals surface area contributed by atoms with Crippen LogP contribution in [-0.4, -0.2) is 22.2 Å². The molecule has 0 aliphatic rings. The first kappa shape index (κ1) is 12.0. The highest BCUT2D eigenvalue weighted by atomic mass is 16.4. The second kappa shape index (κ2) is 5.11. The highest BCUT2D eigenvalue weighted by Gasteiger charge is 2.18. The van der Waals surface area contributed by atoms with E-state index in [-0.39, 0.29) is 5.57 Å². The maximum Gasteiger partial charge on any atom is 0.330 e. The number of rotatable bonds is 4. The van der Waals surface area contributed by atoms with Gasteiger partial charge in [0.25, 0.3) is 0 Å². The molecule has 0 radical (unpaired) electrons. The van der Waals surface area contributed by atoms with Crippen LogP contribution < -0.4 is 0 Å². The number of carboxylic acid groups (broad SMARTS) is 2. The van der Waals surface area contributed by atoms with Gasteiger partial charge in [-0.25, -0.2) is 4.79 Å². The van der Waals surface area contributed by atoms with Gasteiger partial charge in [-0.3, -0.25) is 4.79 Å². The number of benzene rings is 1. The summed E-state index contributed by atoms with van der Waals surface area (Å²) in [7, 11) is 0. The maximum absolute atomic E-state index is 11.0. The van der Waals surface area contributed by atoms with E-state index in [9.17, 15) is 9.59 Å². The molecule has 0 aromatic heterocycles. The van der Waals surface area contributed by atoms with E-state index in [2.05, 4.69) is 0 Å². The molecule has 84 valence electrons. The molecule has 0 aliphatic carbocycles. The van der Waals surface area contributed by atoms with Gasteiger partial charge >= 0.3 is 11.9 Å². The number of hydrogen-bond acceptors (Lipinski definition) is 2. The third kappa shape index (κ3) is 2.95. The summed E-state index contributed by atoms with van der Waals surface area (Å²) in [6.45, 7) is 1.38. The van der Waals surface area contributed by atoms with Crippen molar-refractivity contribution in [2.45, 2.75) is 12.8 Å². The van der Waals surface area contributed by atoms with Crippen LogP contribution in [0.5, 0.6) is 0 Å². The van der Waals surface area contributed by atoms with E-state index in [1.807, 2.05) is 0 Å². The van der Waals surface area contributed by atoms with Crippen molar-refractivity contribution >= 4 is 11.9 Å². The SMILES string of the molecule is CC(=CC(C(=O)O)c1ccccc1)C(=O)O. The van der Waals surface area contributed by atoms with Crippen molar-refractivity contribution < 1.29 is 19.8 Å². The molecule has 0 aliphatic heterocycles. The monoisotopic (exact) mass is 220 g/mol. The molecule has 0 spiro atoms. The molecule has 0 heterocycles. The fraction of sp³-hybridized carbons (Fsp3) is 0.167. The largest absolute Gasteiger partial charge is 0.481 e. The average Bonchev–Trinajstić information content (AvgIpc) is 2.26. The van der Waals surface area contributed by atoms with E-state index in [4.69, 9.17) is 10.2 Å². The van der Waals surface area contributed by atoms with E-state index in [1.165, 1.54) is 13.0 Å². The summed E-state index contributed by atoms with van der Waals surface area (Å²) < 4.78 is 0. The predicted octanol–water partition coefficient (Wildman–Crippen LogP) is 1.89. The van der Waals surface area contributed by atoms with Gasteiger partial charge < -0.3 is 10.2 Å². The topological polar surface area (TPSA) is 74.6 Å². The minimum absolute atomic E-state index is 0.0243. The van der Waals surface area contributed by atoms with E-state index in [0.29, 0.717) is 5.56 Å². The number of carbonyl (C=O) groups is 2. The molecule has 0 saturated heterocycles. The third-order valence-electron chi connectivity index (χ3n) is 2.18. The van der Waals surface area contributed by atoms with Crippen LogP contribution in [0.3, 0.4) is 0 Å². The fourth-order valence-corrected chi connectivity index (χ4v) is 1.29. The van der Waals surface area contributed by atoms with Crippen molar-refractivity contribution in [2.75, 3.05) is 0 Å². The Balaban J connectivity index is 3.07. The van der Waals surface area contributed by atoms with Crippen molar-refractivity contribution in [3.63, 3.8) is 0 Å². The van der Waals surface area contributed by atoms with Crippen molar-refractivity contribution in [3.8, 4) is 0 Å². The molecule has 4 heteroatoms. The Hall–Kier alpha value is -2.10. The summed E-state index contributed by atoms with van der Waals surface area (Å²) in [4.78, 5) is 21.6. The van der Waals surface area contributed by atoms with Crippen LogP contribution in [-0.2, 0) is 9.59 Å². The molecular formula is C12H12O4. The van der Waals surface area contributed by atoms with E-state index in [0.717, 1.165) is 0 Å². The summed E-state index contributed by atoms with van der Waals surface area (Å²) in [5.74, 6) is -3.09. The zero-order chi connectivity index (χ0) is 12.1. The van der Waals surface area contributed by atoms with Crippen molar-refractivity contribution in [1.29, 1.82) is 0 Å². The zero-order valence-corrected chi connectivity index (χ0v) is 8.75. The summed E-state index contributed by atoms with van der Waals surface area (Å²) in [6, 6.07) is 8.52. The molecule has 0 bridgehead atoms. The van der Waals surface area contributed by atoms with E-state index >= 15 is 0 Å². The molecule has 1 rings (SSSR count). The van der Waals surface area contributed by atoms with Crippen LogP contribution in [0, 0.1) is 0 Å². The number of aliphatic carboxylic acids is 2. The minimum atomic E-state index is -1.11. The second-order valence-corrected chi connectivity index (χ2v) is 3.38. The molecule has 0 fully saturated rings. The summed E-state index contributed by atoms with van der Waals surface area (Å²) >= 11 is 0. The molecule has 2 N–H and O–H groups in total. The summed E-state index contributed by atoms with van der Waals surface area (Å²) in [5.41, 5.74) is 0.590. The van der Waals surface area contributed by atoms with E-state index < -0.39 is 17.9 Å². The van der Waals surface area contributed by atoms with Gasteiger partial charge in [0.15, 0.2) is 0 Å². The quantitative estimate of drug-likeness (QED) is 0.760. The van der Waals surface area contributed by atoms with Gasteiger partial charge in [0.1, 0.15) is 5.92 Å². The van der Waals surface area contributed by atoms with Crippen molar-refractivity contribution in [1.82, 2.24) is 0 Å². The van der Waals surface area contributed by atoms with Crippen LogP contribution in [0.4, 0.5) is 0 Å². The standard InChI is InChI=1S/C12H12O4/c1-8(11(13)14)7-10(12(15)16)9-5-3-2-4-6-9/h2-7,10H,1H3,(H,13,14)(H,15,16). The number of carboxylic acids is 2. The molecule has 1 aromatic rings. The summed E-state index contributed by atoms with van der Waals surface area (Å²) in [6.07, 6.45) is 1.24. The normalized spacial score (nSPS) is 13.2. The Morgan fingerprint density at radius 3 is 2.19 bits per heavy atom. The predicted molar refractivity (Wildman–Crippen MR) is 58.2 cm³/mol.